The number of hydrogen-bond acceptors (Lipinski definition) is 9. The lowest BCUT2D eigenvalue weighted by Crippen LogP contribution is -2.47. The van der Waals surface area contributed by atoms with Gasteiger partial charge in [-0.3, -0.25) is 9.78 Å². The molecular weight excluding hydrogens is 384 g/mol. The van der Waals surface area contributed by atoms with Gasteiger partial charge < -0.3 is 30.1 Å². The van der Waals surface area contributed by atoms with E-state index >= 15 is 0 Å². The number of hydrogen-bond donors (Lipinski definition) is 6. The van der Waals surface area contributed by atoms with Crippen LogP contribution in [0.4, 0.5) is 0 Å². The Labute approximate surface area is 163 Å². The Bertz CT molecular complexity index is 1130. The van der Waals surface area contributed by atoms with Crippen molar-refractivity contribution in [3.8, 4) is 11.5 Å². The summed E-state index contributed by atoms with van der Waals surface area (Å²) in [5.74, 6) is -0.0991. The first-order valence-corrected chi connectivity index (χ1v) is 8.89. The van der Waals surface area contributed by atoms with E-state index < -0.39 is 42.3 Å². The first-order valence-electron chi connectivity index (χ1n) is 8.89. The van der Waals surface area contributed by atoms with E-state index in [4.69, 9.17) is 5.11 Å². The molecule has 0 aromatic heterocycles. The Balaban J connectivity index is 2.19. The molecule has 29 heavy (non-hydrogen) atoms. The van der Waals surface area contributed by atoms with Crippen molar-refractivity contribution in [2.24, 2.45) is 0 Å². The highest BCUT2D eigenvalue weighted by molar-refractivity contribution is 5.81. The number of H-pyrrole nitrogens is 1. The largest absolute Gasteiger partial charge is 0.394 e. The molecule has 0 spiro atoms. The average Bonchev–Trinajstić information content (AvgIpc) is 2.68. The van der Waals surface area contributed by atoms with E-state index in [1.165, 1.54) is 4.57 Å². The molecule has 1 aromatic rings. The lowest BCUT2D eigenvalue weighted by Gasteiger charge is -2.27. The summed E-state index contributed by atoms with van der Waals surface area (Å²) in [6.45, 7) is 2.53. The number of rotatable bonds is 6. The van der Waals surface area contributed by atoms with Crippen LogP contribution in [0.25, 0.3) is 22.6 Å². The zero-order valence-electron chi connectivity index (χ0n) is 15.8. The Morgan fingerprint density at radius 3 is 2.28 bits per heavy atom. The fraction of sp³-hybridized carbons (Fsp3) is 0.444. The molecule has 0 radical (unpaired) electrons. The van der Waals surface area contributed by atoms with Crippen LogP contribution >= 0.6 is 0 Å². The van der Waals surface area contributed by atoms with E-state index in [1.54, 1.807) is 12.1 Å². The molecule has 0 aliphatic carbocycles. The van der Waals surface area contributed by atoms with Crippen molar-refractivity contribution in [3.63, 3.8) is 0 Å². The van der Waals surface area contributed by atoms with Gasteiger partial charge in [0.2, 0.25) is 0 Å². The number of benzene rings is 1. The van der Waals surface area contributed by atoms with E-state index in [1.807, 2.05) is 18.8 Å². The molecule has 11 nitrogen and oxygen atoms in total. The van der Waals surface area contributed by atoms with Crippen LogP contribution in [0.3, 0.4) is 0 Å². The topological polar surface area (TPSA) is 182 Å². The fourth-order valence-corrected chi connectivity index (χ4v) is 3.09. The van der Waals surface area contributed by atoms with Gasteiger partial charge in [-0.1, -0.05) is 0 Å². The van der Waals surface area contributed by atoms with E-state index in [2.05, 4.69) is 9.97 Å². The zero-order chi connectivity index (χ0) is 21.5. The monoisotopic (exact) mass is 406 g/mol. The van der Waals surface area contributed by atoms with Crippen molar-refractivity contribution in [1.29, 1.82) is 0 Å². The van der Waals surface area contributed by atoms with Crippen molar-refractivity contribution in [2.45, 2.75) is 44.8 Å². The highest BCUT2D eigenvalue weighted by atomic mass is 16.4. The Kier molecular flexibility index (Phi) is 5.78. The molecule has 0 fully saturated rings. The molecule has 0 saturated heterocycles. The molecule has 0 amide bonds. The normalized spacial score (nSPS) is 16.1. The maximum absolute atomic E-state index is 12.2. The standard InChI is InChI=1S/C18H22N4O7/c1-7-3-9-10(4-8(7)2)22(5-11(24)14(26)15(27)12(25)6-23)16-13(19-9)17(28)21-18(29)20-16/h3-4,11-12,14-15,23-27H,5-6H2,1-2H3,(H,21,28,29)/t11-,12-,14-,15-/m0/s1. The minimum Gasteiger partial charge on any atom is -0.394 e. The second-order valence-electron chi connectivity index (χ2n) is 6.99. The smallest absolute Gasteiger partial charge is 0.349 e. The predicted octanol–water partition coefficient (Wildman–Crippen LogP) is -2.36. The van der Waals surface area contributed by atoms with Crippen LogP contribution in [0.1, 0.15) is 11.1 Å². The summed E-state index contributed by atoms with van der Waals surface area (Å²) in [5.41, 5.74) is 0.864. The molecule has 0 bridgehead atoms. The predicted molar refractivity (Wildman–Crippen MR) is 102 cm³/mol. The first-order chi connectivity index (χ1) is 13.6. The minimum atomic E-state index is -1.82. The van der Waals surface area contributed by atoms with Gasteiger partial charge in [0, 0.05) is 0 Å². The van der Waals surface area contributed by atoms with Crippen LogP contribution in [0.5, 0.6) is 0 Å². The number of aromatic nitrogens is 4. The number of aromatic amines is 1. The highest BCUT2D eigenvalue weighted by Gasteiger charge is 2.31. The Hall–Kier alpha value is -2.70. The van der Waals surface area contributed by atoms with Crippen molar-refractivity contribution in [3.05, 3.63) is 44.1 Å². The molecular formula is C18H22N4O7. The molecule has 0 saturated carbocycles. The fourth-order valence-electron chi connectivity index (χ4n) is 3.09. The van der Waals surface area contributed by atoms with Gasteiger partial charge in [-0.2, -0.15) is 4.98 Å². The van der Waals surface area contributed by atoms with Crippen molar-refractivity contribution < 1.29 is 25.5 Å². The Morgan fingerprint density at radius 2 is 1.62 bits per heavy atom. The second-order valence-corrected chi connectivity index (χ2v) is 6.99. The van der Waals surface area contributed by atoms with Crippen molar-refractivity contribution >= 4 is 11.0 Å². The summed E-state index contributed by atoms with van der Waals surface area (Å²) in [6.07, 6.45) is -6.91. The molecule has 2 aliphatic rings. The third-order valence-electron chi connectivity index (χ3n) is 4.92. The van der Waals surface area contributed by atoms with Gasteiger partial charge >= 0.3 is 5.69 Å². The van der Waals surface area contributed by atoms with E-state index in [9.17, 15) is 30.0 Å². The average molecular weight is 406 g/mol. The number of aryl methyl sites for hydroxylation is 2. The maximum Gasteiger partial charge on any atom is 0.349 e. The van der Waals surface area contributed by atoms with Crippen molar-refractivity contribution in [1.82, 2.24) is 19.5 Å². The molecule has 0 unspecified atom stereocenters. The molecule has 11 heteroatoms. The van der Waals surface area contributed by atoms with Gasteiger partial charge in [0.25, 0.3) is 5.56 Å². The summed E-state index contributed by atoms with van der Waals surface area (Å²) < 4.78 is 1.35. The van der Waals surface area contributed by atoms with Crippen LogP contribution in [0, 0.1) is 13.8 Å². The summed E-state index contributed by atoms with van der Waals surface area (Å²) in [4.78, 5) is 34.1. The number of aliphatic hydroxyl groups is 5. The lowest BCUT2D eigenvalue weighted by atomic mass is 10.0. The second kappa shape index (κ2) is 7.97. The van der Waals surface area contributed by atoms with Crippen LogP contribution in [-0.2, 0) is 6.54 Å². The summed E-state index contributed by atoms with van der Waals surface area (Å²) in [5, 5.41) is 48.9. The van der Waals surface area contributed by atoms with Gasteiger partial charge in [0.15, 0.2) is 11.5 Å². The van der Waals surface area contributed by atoms with E-state index in [0.29, 0.717) is 11.0 Å². The molecule has 6 N–H and O–H groups in total. The van der Waals surface area contributed by atoms with Crippen LogP contribution in [0.15, 0.2) is 21.7 Å². The number of nitrogens with zero attached hydrogens (tertiary/aromatic N) is 3. The van der Waals surface area contributed by atoms with Crippen LogP contribution in [0.2, 0.25) is 0 Å². The quantitative estimate of drug-likeness (QED) is 0.244. The maximum atomic E-state index is 12.2. The van der Waals surface area contributed by atoms with Gasteiger partial charge in [0.1, 0.15) is 24.4 Å². The molecule has 2 aliphatic heterocycles. The summed E-state index contributed by atoms with van der Waals surface area (Å²) in [6, 6.07) is 3.47. The van der Waals surface area contributed by atoms with E-state index in [-0.39, 0.29) is 18.1 Å². The Morgan fingerprint density at radius 1 is 1.00 bits per heavy atom. The third-order valence-corrected chi connectivity index (χ3v) is 4.92. The highest BCUT2D eigenvalue weighted by Crippen LogP contribution is 2.24. The van der Waals surface area contributed by atoms with Crippen molar-refractivity contribution in [2.75, 3.05) is 6.61 Å². The summed E-state index contributed by atoms with van der Waals surface area (Å²) >= 11 is 0. The molecule has 2 heterocycles. The minimum absolute atomic E-state index is 0.0991. The SMILES string of the molecule is Cc1cc2nc3c(=O)[nH]c(=O)nc-3n(C[C@H](O)[C@H](O)[C@@H](O)[C@@H](O)CO)c2cc1C. The zero-order valence-corrected chi connectivity index (χ0v) is 15.8. The van der Waals surface area contributed by atoms with Crippen LogP contribution < -0.4 is 11.2 Å². The first kappa shape index (κ1) is 21.0. The van der Waals surface area contributed by atoms with Gasteiger partial charge in [-0.05, 0) is 37.1 Å². The molecule has 4 atom stereocenters. The van der Waals surface area contributed by atoms with E-state index in [0.717, 1.165) is 11.1 Å². The number of fused-ring (bicyclic) bond motifs is 2. The molecule has 156 valence electrons. The molecule has 3 rings (SSSR count). The van der Waals surface area contributed by atoms with Gasteiger partial charge in [0.05, 0.1) is 24.2 Å². The van der Waals surface area contributed by atoms with Gasteiger partial charge in [-0.15, -0.1) is 0 Å². The number of nitrogens with one attached hydrogen (secondary N) is 1. The summed E-state index contributed by atoms with van der Waals surface area (Å²) in [7, 11) is 0. The lowest BCUT2D eigenvalue weighted by molar-refractivity contribution is -0.117. The molecule has 1 aromatic carbocycles. The van der Waals surface area contributed by atoms with Gasteiger partial charge in [-0.25, -0.2) is 9.78 Å². The van der Waals surface area contributed by atoms with Crippen LogP contribution in [-0.4, -0.2) is 76.1 Å². The number of aliphatic hydroxyl groups excluding tert-OH is 5. The third kappa shape index (κ3) is 3.91.